The van der Waals surface area contributed by atoms with E-state index in [-0.39, 0.29) is 12.1 Å². The average molecular weight is 450 g/mol. The molecule has 0 bridgehead atoms. The van der Waals surface area contributed by atoms with Crippen LogP contribution in [0.5, 0.6) is 0 Å². The van der Waals surface area contributed by atoms with Gasteiger partial charge in [-0.25, -0.2) is 4.99 Å². The van der Waals surface area contributed by atoms with E-state index in [9.17, 15) is 0 Å². The fourth-order valence-electron chi connectivity index (χ4n) is 3.55. The third-order valence-corrected chi connectivity index (χ3v) is 6.40. The number of methoxy groups -OCH3 is 1. The molecule has 172 valence electrons. The van der Waals surface area contributed by atoms with E-state index in [0.717, 1.165) is 56.8 Å². The van der Waals surface area contributed by atoms with Crippen molar-refractivity contribution in [1.29, 1.82) is 0 Å². The zero-order valence-electron chi connectivity index (χ0n) is 19.0. The Morgan fingerprint density at radius 3 is 2.97 bits per heavy atom. The van der Waals surface area contributed by atoms with Crippen LogP contribution in [0.4, 0.5) is 0 Å². The third kappa shape index (κ3) is 6.99. The van der Waals surface area contributed by atoms with Gasteiger partial charge in [0.25, 0.3) is 0 Å². The number of thiophene rings is 1. The van der Waals surface area contributed by atoms with Crippen LogP contribution < -0.4 is 10.6 Å². The highest BCUT2D eigenvalue weighted by Crippen LogP contribution is 2.26. The summed E-state index contributed by atoms with van der Waals surface area (Å²) in [6.45, 7) is 9.44. The Morgan fingerprint density at radius 2 is 2.29 bits per heavy atom. The normalized spacial score (nSPS) is 18.8. The highest BCUT2D eigenvalue weighted by Gasteiger charge is 2.26. The molecule has 2 N–H and O–H groups in total. The van der Waals surface area contributed by atoms with Crippen molar-refractivity contribution in [2.75, 3.05) is 46.5 Å². The third-order valence-electron chi connectivity index (χ3n) is 5.43. The van der Waals surface area contributed by atoms with Gasteiger partial charge in [-0.3, -0.25) is 4.90 Å². The lowest BCUT2D eigenvalue weighted by Crippen LogP contribution is -2.48. The maximum Gasteiger partial charge on any atom is 0.191 e. The number of nitrogens with zero attached hydrogens (tertiary/aromatic N) is 5. The molecule has 0 aromatic carbocycles. The quantitative estimate of drug-likeness (QED) is 0.324. The van der Waals surface area contributed by atoms with Crippen molar-refractivity contribution in [3.8, 4) is 0 Å². The molecule has 0 amide bonds. The highest BCUT2D eigenvalue weighted by atomic mass is 32.1. The molecular formula is C21H35N7O2S. The van der Waals surface area contributed by atoms with Gasteiger partial charge in [0.2, 0.25) is 0 Å². The smallest absolute Gasteiger partial charge is 0.191 e. The minimum Gasteiger partial charge on any atom is -0.385 e. The molecule has 10 heteroatoms. The van der Waals surface area contributed by atoms with Crippen LogP contribution in [-0.2, 0) is 23.1 Å². The van der Waals surface area contributed by atoms with Crippen LogP contribution in [0.3, 0.4) is 0 Å². The number of aliphatic imine (C=N–C) groups is 1. The molecule has 2 aromatic heterocycles. The van der Waals surface area contributed by atoms with Crippen LogP contribution >= 0.6 is 11.3 Å². The van der Waals surface area contributed by atoms with Crippen molar-refractivity contribution in [2.45, 2.75) is 39.0 Å². The van der Waals surface area contributed by atoms with Gasteiger partial charge in [0.1, 0.15) is 12.4 Å². The van der Waals surface area contributed by atoms with Gasteiger partial charge in [0, 0.05) is 51.8 Å². The first-order valence-corrected chi connectivity index (χ1v) is 11.7. The number of rotatable bonds is 10. The molecular weight excluding hydrogens is 414 g/mol. The molecule has 2 aromatic rings. The van der Waals surface area contributed by atoms with Crippen LogP contribution in [0.25, 0.3) is 0 Å². The van der Waals surface area contributed by atoms with Gasteiger partial charge in [0.05, 0.1) is 18.8 Å². The largest absolute Gasteiger partial charge is 0.385 e. The monoisotopic (exact) mass is 449 g/mol. The van der Waals surface area contributed by atoms with Crippen LogP contribution in [0.2, 0.25) is 0 Å². The number of aromatic nitrogens is 3. The summed E-state index contributed by atoms with van der Waals surface area (Å²) < 4.78 is 12.9. The van der Waals surface area contributed by atoms with E-state index >= 15 is 0 Å². The second-order valence-corrected chi connectivity index (χ2v) is 8.73. The first kappa shape index (κ1) is 23.6. The predicted octanol–water partition coefficient (Wildman–Crippen LogP) is 1.72. The van der Waals surface area contributed by atoms with Crippen molar-refractivity contribution in [3.63, 3.8) is 0 Å². The molecule has 0 aliphatic carbocycles. The van der Waals surface area contributed by atoms with Crippen molar-refractivity contribution in [3.05, 3.63) is 34.0 Å². The van der Waals surface area contributed by atoms with Crippen LogP contribution in [0.15, 0.2) is 22.5 Å². The maximum atomic E-state index is 5.76. The SMILES string of the molecule is COCCCNC(=NCc1nnc(C)n1C)NCC(c1cccs1)N1CCOC(C)C1. The summed E-state index contributed by atoms with van der Waals surface area (Å²) in [5, 5.41) is 17.5. The van der Waals surface area contributed by atoms with Gasteiger partial charge in [-0.15, -0.1) is 21.5 Å². The van der Waals surface area contributed by atoms with E-state index in [4.69, 9.17) is 14.5 Å². The molecule has 1 fully saturated rings. The van der Waals surface area contributed by atoms with Crippen molar-refractivity contribution >= 4 is 17.3 Å². The predicted molar refractivity (Wildman–Crippen MR) is 123 cm³/mol. The van der Waals surface area contributed by atoms with E-state index in [1.807, 2.05) is 18.5 Å². The second-order valence-electron chi connectivity index (χ2n) is 7.75. The van der Waals surface area contributed by atoms with Crippen LogP contribution in [0.1, 0.15) is 35.9 Å². The van der Waals surface area contributed by atoms with Crippen molar-refractivity contribution in [1.82, 2.24) is 30.3 Å². The Hall–Kier alpha value is -2.01. The lowest BCUT2D eigenvalue weighted by molar-refractivity contribution is -0.0334. The van der Waals surface area contributed by atoms with Gasteiger partial charge >= 0.3 is 0 Å². The molecule has 1 aliphatic heterocycles. The summed E-state index contributed by atoms with van der Waals surface area (Å²) in [7, 11) is 3.68. The second kappa shape index (κ2) is 12.1. The number of morpholine rings is 1. The first-order chi connectivity index (χ1) is 15.1. The Labute approximate surface area is 188 Å². The maximum absolute atomic E-state index is 5.76. The Kier molecular flexibility index (Phi) is 9.26. The molecule has 0 saturated carbocycles. The molecule has 3 heterocycles. The minimum atomic E-state index is 0.246. The summed E-state index contributed by atoms with van der Waals surface area (Å²) >= 11 is 1.80. The number of aryl methyl sites for hydroxylation is 1. The lowest BCUT2D eigenvalue weighted by Gasteiger charge is -2.37. The van der Waals surface area contributed by atoms with Gasteiger partial charge in [-0.05, 0) is 31.7 Å². The van der Waals surface area contributed by atoms with Gasteiger partial charge < -0.3 is 24.7 Å². The standard InChI is InChI=1S/C21H35N7O2S/c1-16-15-28(9-11-30-16)18(19-7-5-12-31-19)13-23-21(22-8-6-10-29-4)24-14-20-26-25-17(2)27(20)3/h5,7,12,16,18H,6,8-11,13-15H2,1-4H3,(H2,22,23,24). The lowest BCUT2D eigenvalue weighted by atomic mass is 10.1. The van der Waals surface area contributed by atoms with Crippen LogP contribution in [-0.4, -0.2) is 78.2 Å². The number of hydrogen-bond donors (Lipinski definition) is 2. The molecule has 9 nitrogen and oxygen atoms in total. The van der Waals surface area contributed by atoms with E-state index in [0.29, 0.717) is 13.2 Å². The van der Waals surface area contributed by atoms with Gasteiger partial charge in [-0.2, -0.15) is 0 Å². The summed E-state index contributed by atoms with van der Waals surface area (Å²) in [5.41, 5.74) is 0. The van der Waals surface area contributed by atoms with Gasteiger partial charge in [0.15, 0.2) is 11.8 Å². The fraction of sp³-hybridized carbons (Fsp3) is 0.667. The molecule has 1 aliphatic rings. The first-order valence-electron chi connectivity index (χ1n) is 10.8. The van der Waals surface area contributed by atoms with E-state index in [2.05, 4.69) is 50.2 Å². The summed E-state index contributed by atoms with van der Waals surface area (Å²) in [5.74, 6) is 2.50. The average Bonchev–Trinajstić information content (AvgIpc) is 3.40. The summed E-state index contributed by atoms with van der Waals surface area (Å²) in [6.07, 6.45) is 1.16. The number of guanidine groups is 1. The molecule has 0 spiro atoms. The zero-order valence-corrected chi connectivity index (χ0v) is 19.8. The minimum absolute atomic E-state index is 0.246. The van der Waals surface area contributed by atoms with E-state index < -0.39 is 0 Å². The Bertz CT molecular complexity index is 809. The van der Waals surface area contributed by atoms with Gasteiger partial charge in [-0.1, -0.05) is 6.07 Å². The molecule has 2 atom stereocenters. The zero-order chi connectivity index (χ0) is 22.1. The Morgan fingerprint density at radius 1 is 1.42 bits per heavy atom. The molecule has 3 rings (SSSR count). The molecule has 2 unspecified atom stereocenters. The Balaban J connectivity index is 1.68. The van der Waals surface area contributed by atoms with E-state index in [1.165, 1.54) is 4.88 Å². The van der Waals surface area contributed by atoms with Crippen molar-refractivity contribution in [2.24, 2.45) is 12.0 Å². The topological polar surface area (TPSA) is 88.8 Å². The number of ether oxygens (including phenoxy) is 2. The molecule has 31 heavy (non-hydrogen) atoms. The summed E-state index contributed by atoms with van der Waals surface area (Å²) in [4.78, 5) is 8.62. The molecule has 0 radical (unpaired) electrons. The van der Waals surface area contributed by atoms with Crippen LogP contribution in [0, 0.1) is 6.92 Å². The van der Waals surface area contributed by atoms with Crippen molar-refractivity contribution < 1.29 is 9.47 Å². The molecule has 1 saturated heterocycles. The summed E-state index contributed by atoms with van der Waals surface area (Å²) in [6, 6.07) is 4.60. The highest BCUT2D eigenvalue weighted by molar-refractivity contribution is 7.10. The number of hydrogen-bond acceptors (Lipinski definition) is 7. The van der Waals surface area contributed by atoms with E-state index in [1.54, 1.807) is 18.4 Å². The number of nitrogens with one attached hydrogen (secondary N) is 2. The fourth-order valence-corrected chi connectivity index (χ4v) is 4.41.